The number of aryl methyl sites for hydroxylation is 2. The normalized spacial score (nSPS) is 10.5. The van der Waals surface area contributed by atoms with E-state index in [4.69, 9.17) is 10.2 Å². The van der Waals surface area contributed by atoms with Gasteiger partial charge in [0.25, 0.3) is 5.91 Å². The van der Waals surface area contributed by atoms with Gasteiger partial charge in [-0.3, -0.25) is 25.0 Å². The lowest BCUT2D eigenvalue weighted by molar-refractivity contribution is -0.114. The van der Waals surface area contributed by atoms with Crippen molar-refractivity contribution in [1.82, 2.24) is 20.5 Å². The molecule has 14 heteroatoms. The second kappa shape index (κ2) is 13.9. The van der Waals surface area contributed by atoms with E-state index in [-0.39, 0.29) is 24.1 Å². The number of aromatic nitrogens is 1. The third-order valence-electron chi connectivity index (χ3n) is 5.78. The Kier molecular flexibility index (Phi) is 10.4. The summed E-state index contributed by atoms with van der Waals surface area (Å²) in [6, 6.07) is 13.4. The van der Waals surface area contributed by atoms with E-state index in [2.05, 4.69) is 15.6 Å². The summed E-state index contributed by atoms with van der Waals surface area (Å²) in [5.74, 6) is -0.572. The molecule has 0 aliphatic rings. The van der Waals surface area contributed by atoms with Gasteiger partial charge in [-0.05, 0) is 49.6 Å². The van der Waals surface area contributed by atoms with Crippen LogP contribution in [0.5, 0.6) is 0 Å². The van der Waals surface area contributed by atoms with Crippen molar-refractivity contribution in [1.29, 1.82) is 0 Å². The van der Waals surface area contributed by atoms with Crippen LogP contribution in [0.4, 0.5) is 20.4 Å². The number of carbonyl (C=O) groups is 5. The average molecular weight is 583 g/mol. The van der Waals surface area contributed by atoms with Crippen LogP contribution in [0, 0.1) is 0 Å². The van der Waals surface area contributed by atoms with E-state index in [9.17, 15) is 24.0 Å². The molecule has 0 saturated carbocycles. The maximum Gasteiger partial charge on any atom is 0.407 e. The molecule has 6 N–H and O–H groups in total. The Labute approximate surface area is 239 Å². The molecule has 3 rings (SSSR count). The van der Waals surface area contributed by atoms with Crippen LogP contribution in [0.3, 0.4) is 0 Å². The van der Waals surface area contributed by atoms with Crippen LogP contribution in [0.2, 0.25) is 0 Å². The molecule has 0 fully saturated rings. The minimum Gasteiger partial charge on any atom is -0.465 e. The fourth-order valence-corrected chi connectivity index (χ4v) is 4.92. The highest BCUT2D eigenvalue weighted by molar-refractivity contribution is 7.15. The average Bonchev–Trinajstić information content (AvgIpc) is 3.26. The fraction of sp³-hybridized carbons (Fsp3) is 0.259. The predicted octanol–water partition coefficient (Wildman–Crippen LogP) is 3.59. The summed E-state index contributed by atoms with van der Waals surface area (Å²) < 4.78 is 0. The molecule has 2 aromatic carbocycles. The summed E-state index contributed by atoms with van der Waals surface area (Å²) in [5, 5.41) is 27.7. The van der Waals surface area contributed by atoms with Crippen LogP contribution in [0.15, 0.2) is 48.5 Å². The molecule has 216 valence electrons. The van der Waals surface area contributed by atoms with E-state index < -0.39 is 18.5 Å². The van der Waals surface area contributed by atoms with Crippen molar-refractivity contribution < 1.29 is 34.2 Å². The Morgan fingerprint density at radius 3 is 2.00 bits per heavy atom. The first kappa shape index (κ1) is 30.6. The highest BCUT2D eigenvalue weighted by Crippen LogP contribution is 2.26. The van der Waals surface area contributed by atoms with Crippen molar-refractivity contribution in [2.75, 3.05) is 17.7 Å². The number of nitrogens with one attached hydrogen (secondary N) is 4. The maximum absolute atomic E-state index is 13.0. The zero-order valence-corrected chi connectivity index (χ0v) is 23.4. The molecule has 0 aliphatic carbocycles. The van der Waals surface area contributed by atoms with Crippen LogP contribution in [-0.2, 0) is 24.2 Å². The van der Waals surface area contributed by atoms with Gasteiger partial charge in [0.15, 0.2) is 17.2 Å². The van der Waals surface area contributed by atoms with Crippen LogP contribution >= 0.6 is 11.3 Å². The molecule has 0 saturated heterocycles. The Hall–Kier alpha value is -4.98. The van der Waals surface area contributed by atoms with Crippen molar-refractivity contribution in [3.63, 3.8) is 0 Å². The van der Waals surface area contributed by atoms with Crippen LogP contribution in [0.1, 0.15) is 50.7 Å². The summed E-state index contributed by atoms with van der Waals surface area (Å²) in [5.41, 5.74) is 3.11. The van der Waals surface area contributed by atoms with Gasteiger partial charge in [-0.2, -0.15) is 0 Å². The predicted molar refractivity (Wildman–Crippen MR) is 152 cm³/mol. The first-order valence-corrected chi connectivity index (χ1v) is 13.2. The lowest BCUT2D eigenvalue weighted by atomic mass is 10.1. The highest BCUT2D eigenvalue weighted by Gasteiger charge is 2.19. The monoisotopic (exact) mass is 582 g/mol. The Morgan fingerprint density at radius 1 is 0.878 bits per heavy atom. The topological polar surface area (TPSA) is 190 Å². The summed E-state index contributed by atoms with van der Waals surface area (Å²) in [6.45, 7) is 3.11. The molecule has 3 aromatic rings. The van der Waals surface area contributed by atoms with Crippen LogP contribution in [-0.4, -0.2) is 63.2 Å². The van der Waals surface area contributed by atoms with Gasteiger partial charge in [-0.15, -0.1) is 0 Å². The lowest BCUT2D eigenvalue weighted by Crippen LogP contribution is -2.52. The molecule has 4 amide bonds. The van der Waals surface area contributed by atoms with Crippen LogP contribution in [0.25, 0.3) is 0 Å². The van der Waals surface area contributed by atoms with Crippen molar-refractivity contribution in [2.45, 2.75) is 39.5 Å². The molecule has 13 nitrogen and oxygen atoms in total. The molecule has 0 aliphatic heterocycles. The number of carbonyl (C=O) groups excluding carboxylic acids is 3. The number of anilines is 2. The summed E-state index contributed by atoms with van der Waals surface area (Å²) in [4.78, 5) is 64.9. The summed E-state index contributed by atoms with van der Waals surface area (Å²) >= 11 is 1.29. The third-order valence-corrected chi connectivity index (χ3v) is 6.78. The van der Waals surface area contributed by atoms with Gasteiger partial charge in [0.05, 0.1) is 12.2 Å². The number of benzene rings is 2. The van der Waals surface area contributed by atoms with Gasteiger partial charge in [-0.25, -0.2) is 14.6 Å². The Morgan fingerprint density at radius 2 is 1.46 bits per heavy atom. The molecule has 0 unspecified atom stereocenters. The molecule has 41 heavy (non-hydrogen) atoms. The van der Waals surface area contributed by atoms with Crippen molar-refractivity contribution >= 4 is 51.9 Å². The number of nitrogens with zero attached hydrogens (tertiary/aromatic N) is 2. The quantitative estimate of drug-likeness (QED) is 0.137. The van der Waals surface area contributed by atoms with E-state index in [1.54, 1.807) is 48.3 Å². The second-order valence-corrected chi connectivity index (χ2v) is 10.1. The summed E-state index contributed by atoms with van der Waals surface area (Å²) in [7, 11) is 1.67. The van der Waals surface area contributed by atoms with Gasteiger partial charge in [0.1, 0.15) is 0 Å². The molecule has 0 radical (unpaired) electrons. The smallest absolute Gasteiger partial charge is 0.407 e. The molecule has 0 spiro atoms. The van der Waals surface area contributed by atoms with Gasteiger partial charge >= 0.3 is 12.2 Å². The number of hydrogen-bond donors (Lipinski definition) is 6. The zero-order valence-electron chi connectivity index (χ0n) is 22.6. The summed E-state index contributed by atoms with van der Waals surface area (Å²) in [6.07, 6.45) is -2.96. The molecule has 1 heterocycles. The SMILES string of the molecule is CC(=O)Nc1nc(CCc2ccc(NC(NC(=O)O)NC(=O)O)cc2)c(CN(C)C(=O)c2ccc(C(C)=O)cc2)s1. The Balaban J connectivity index is 1.69. The second-order valence-electron chi connectivity index (χ2n) is 9.04. The van der Waals surface area contributed by atoms with E-state index in [1.165, 1.54) is 25.2 Å². The van der Waals surface area contributed by atoms with Crippen LogP contribution < -0.4 is 21.3 Å². The lowest BCUT2D eigenvalue weighted by Gasteiger charge is -2.19. The maximum atomic E-state index is 13.0. The molecular weight excluding hydrogens is 552 g/mol. The standard InChI is InChI=1S/C27H30N6O7S/c1-15(34)18-7-9-19(10-8-18)23(36)33(3)14-22-21(30-25(41-22)28-16(2)35)13-6-17-4-11-20(12-5-17)29-24(31-26(37)38)32-27(39)40/h4-5,7-12,24,29,31-32H,6,13-14H2,1-3H3,(H,37,38)(H,39,40)(H,28,30,35). The van der Waals surface area contributed by atoms with E-state index in [0.717, 1.165) is 16.1 Å². The number of rotatable bonds is 12. The third kappa shape index (κ3) is 9.32. The number of hydrogen-bond acceptors (Lipinski definition) is 8. The molecular formula is C27H30N6O7S. The minimum absolute atomic E-state index is 0.0855. The van der Waals surface area contributed by atoms with E-state index in [0.29, 0.717) is 34.8 Å². The first-order chi connectivity index (χ1) is 19.4. The van der Waals surface area contributed by atoms with Gasteiger partial charge in [-0.1, -0.05) is 35.6 Å². The highest BCUT2D eigenvalue weighted by atomic mass is 32.1. The fourth-order valence-electron chi connectivity index (χ4n) is 3.81. The van der Waals surface area contributed by atoms with Crippen molar-refractivity contribution in [3.05, 3.63) is 75.8 Å². The van der Waals surface area contributed by atoms with E-state index >= 15 is 0 Å². The largest absolute Gasteiger partial charge is 0.465 e. The van der Waals surface area contributed by atoms with Gasteiger partial charge in [0, 0.05) is 35.7 Å². The zero-order chi connectivity index (χ0) is 30.1. The van der Waals surface area contributed by atoms with Gasteiger partial charge < -0.3 is 25.7 Å². The van der Waals surface area contributed by atoms with Crippen molar-refractivity contribution in [3.8, 4) is 0 Å². The number of carboxylic acid groups (broad SMARTS) is 2. The molecule has 0 bridgehead atoms. The number of ketones is 1. The van der Waals surface area contributed by atoms with Crippen molar-refractivity contribution in [2.24, 2.45) is 0 Å². The first-order valence-electron chi connectivity index (χ1n) is 12.4. The number of thiazole rings is 1. The Bertz CT molecular complexity index is 1410. The minimum atomic E-state index is -1.40. The van der Waals surface area contributed by atoms with E-state index in [1.807, 2.05) is 22.8 Å². The van der Waals surface area contributed by atoms with Gasteiger partial charge in [0.2, 0.25) is 5.91 Å². The molecule has 1 aromatic heterocycles. The molecule has 0 atom stereocenters. The number of Topliss-reactive ketones (excluding diaryl/α,β-unsaturated/α-hetero) is 1. The number of amides is 4.